The van der Waals surface area contributed by atoms with Gasteiger partial charge in [0.15, 0.2) is 0 Å². The summed E-state index contributed by atoms with van der Waals surface area (Å²) < 4.78 is 44.8. The van der Waals surface area contributed by atoms with E-state index < -0.39 is 12.8 Å². The molecule has 0 aromatic heterocycles. The van der Waals surface area contributed by atoms with E-state index in [0.717, 1.165) is 0 Å². The Morgan fingerprint density at radius 1 is 1.09 bits per heavy atom. The maximum atomic E-state index is 12.0. The monoisotopic (exact) mass is 171 g/mol. The zero-order valence-electron chi connectivity index (χ0n) is 6.52. The van der Waals surface area contributed by atoms with E-state index in [9.17, 15) is 12.9 Å². The molecular weight excluding hydrogens is 160 g/mol. The minimum absolute atomic E-state index is 0.322. The first-order valence-electron chi connectivity index (χ1n) is 3.20. The van der Waals surface area contributed by atoms with Crippen LogP contribution >= 0.6 is 0 Å². The number of hydrogen-bond acceptors (Lipinski definition) is 2. The van der Waals surface area contributed by atoms with Crippen molar-refractivity contribution in [3.05, 3.63) is 0 Å². The van der Waals surface area contributed by atoms with Crippen molar-refractivity contribution in [3.63, 3.8) is 0 Å². The number of halogens is 3. The van der Waals surface area contributed by atoms with Gasteiger partial charge in [-0.1, -0.05) is 0 Å². The van der Waals surface area contributed by atoms with Crippen LogP contribution in [0.4, 0.5) is 12.9 Å². The first-order chi connectivity index (χ1) is 5.02. The van der Waals surface area contributed by atoms with Crippen LogP contribution in [0.15, 0.2) is 0 Å². The molecule has 0 amide bonds. The minimum Gasteiger partial charge on any atom is -0.449 e. The Labute approximate surface area is 63.7 Å². The molecule has 0 atom stereocenters. The van der Waals surface area contributed by atoms with Gasteiger partial charge in [0.05, 0.1) is 0 Å². The molecule has 0 saturated heterocycles. The van der Waals surface area contributed by atoms with Gasteiger partial charge in [-0.05, 0) is 5.82 Å². The molecule has 0 bridgehead atoms. The average Bonchev–Trinajstić information content (AvgIpc) is 1.85. The lowest BCUT2D eigenvalue weighted by molar-refractivity contribution is 0.123. The maximum absolute atomic E-state index is 12.0. The van der Waals surface area contributed by atoms with E-state index in [-0.39, 0.29) is 13.2 Å². The van der Waals surface area contributed by atoms with Crippen molar-refractivity contribution >= 4 is 6.98 Å². The standard InChI is InChI=1S/C5H11BF3O2/c1-10-3-5(4-11-2)6(7,8)9/h5H,3-4H2,1-2H3/q-1. The lowest BCUT2D eigenvalue weighted by Gasteiger charge is -2.24. The highest BCUT2D eigenvalue weighted by Gasteiger charge is 2.34. The molecule has 0 rings (SSSR count). The van der Waals surface area contributed by atoms with E-state index in [4.69, 9.17) is 0 Å². The second kappa shape index (κ2) is 4.61. The molecule has 0 heterocycles. The Balaban J connectivity index is 3.88. The Morgan fingerprint density at radius 2 is 1.45 bits per heavy atom. The predicted octanol–water partition coefficient (Wildman–Crippen LogP) is 1.50. The third-order valence-corrected chi connectivity index (χ3v) is 1.30. The van der Waals surface area contributed by atoms with E-state index in [2.05, 4.69) is 9.47 Å². The highest BCUT2D eigenvalue weighted by molar-refractivity contribution is 6.60. The van der Waals surface area contributed by atoms with E-state index in [0.29, 0.717) is 0 Å². The van der Waals surface area contributed by atoms with Gasteiger partial charge in [-0.25, -0.2) is 0 Å². The summed E-state index contributed by atoms with van der Waals surface area (Å²) in [7, 11) is 2.48. The Morgan fingerprint density at radius 3 is 1.64 bits per heavy atom. The summed E-state index contributed by atoms with van der Waals surface area (Å²) in [4.78, 5) is 0. The van der Waals surface area contributed by atoms with E-state index in [1.807, 2.05) is 0 Å². The van der Waals surface area contributed by atoms with Crippen LogP contribution in [0.5, 0.6) is 0 Å². The predicted molar refractivity (Wildman–Crippen MR) is 36.6 cm³/mol. The second-order valence-electron chi connectivity index (χ2n) is 2.30. The molecule has 0 saturated carbocycles. The summed E-state index contributed by atoms with van der Waals surface area (Å²) >= 11 is 0. The third kappa shape index (κ3) is 4.26. The topological polar surface area (TPSA) is 18.5 Å². The van der Waals surface area contributed by atoms with Gasteiger partial charge in [0, 0.05) is 27.4 Å². The van der Waals surface area contributed by atoms with E-state index in [1.165, 1.54) is 14.2 Å². The van der Waals surface area contributed by atoms with Crippen LogP contribution in [-0.4, -0.2) is 34.4 Å². The third-order valence-electron chi connectivity index (χ3n) is 1.30. The molecule has 0 N–H and O–H groups in total. The van der Waals surface area contributed by atoms with Crippen molar-refractivity contribution < 1.29 is 22.4 Å². The van der Waals surface area contributed by atoms with Crippen molar-refractivity contribution in [2.24, 2.45) is 0 Å². The molecule has 2 nitrogen and oxygen atoms in total. The van der Waals surface area contributed by atoms with Gasteiger partial charge in [-0.3, -0.25) is 0 Å². The smallest absolute Gasteiger partial charge is 0.449 e. The molecule has 0 aromatic carbocycles. The molecule has 0 spiro atoms. The summed E-state index contributed by atoms with van der Waals surface area (Å²) in [5.41, 5.74) is 0. The van der Waals surface area contributed by atoms with Crippen molar-refractivity contribution in [1.82, 2.24) is 0 Å². The fourth-order valence-electron chi connectivity index (χ4n) is 0.694. The minimum atomic E-state index is -4.84. The summed E-state index contributed by atoms with van der Waals surface area (Å²) in [5, 5.41) is 0. The normalized spacial score (nSPS) is 12.5. The highest BCUT2D eigenvalue weighted by atomic mass is 19.4. The molecule has 0 fully saturated rings. The van der Waals surface area contributed by atoms with Crippen LogP contribution < -0.4 is 0 Å². The van der Waals surface area contributed by atoms with Crippen LogP contribution in [0.1, 0.15) is 0 Å². The van der Waals surface area contributed by atoms with Crippen LogP contribution in [0.3, 0.4) is 0 Å². The first kappa shape index (κ1) is 10.8. The average molecular weight is 171 g/mol. The van der Waals surface area contributed by atoms with Gasteiger partial charge in [0.2, 0.25) is 0 Å². The molecule has 68 valence electrons. The van der Waals surface area contributed by atoms with Crippen molar-refractivity contribution in [3.8, 4) is 0 Å². The molecule has 11 heavy (non-hydrogen) atoms. The largest absolute Gasteiger partial charge is 0.485 e. The molecular formula is C5H11BF3O2-. The highest BCUT2D eigenvalue weighted by Crippen LogP contribution is 2.26. The Hall–Kier alpha value is -0.225. The molecule has 0 unspecified atom stereocenters. The van der Waals surface area contributed by atoms with Gasteiger partial charge in [0.1, 0.15) is 0 Å². The van der Waals surface area contributed by atoms with Gasteiger partial charge < -0.3 is 22.4 Å². The lowest BCUT2D eigenvalue weighted by Crippen LogP contribution is -2.30. The van der Waals surface area contributed by atoms with Gasteiger partial charge in [0.25, 0.3) is 0 Å². The summed E-state index contributed by atoms with van der Waals surface area (Å²) in [5.74, 6) is -1.45. The number of methoxy groups -OCH3 is 2. The van der Waals surface area contributed by atoms with Crippen LogP contribution in [0, 0.1) is 0 Å². The molecule has 0 aliphatic heterocycles. The Bertz CT molecular complexity index is 100. The van der Waals surface area contributed by atoms with Crippen LogP contribution in [0.25, 0.3) is 0 Å². The molecule has 0 aromatic rings. The molecule has 0 aliphatic rings. The maximum Gasteiger partial charge on any atom is 0.485 e. The van der Waals surface area contributed by atoms with Gasteiger partial charge in [-0.15, -0.1) is 0 Å². The van der Waals surface area contributed by atoms with Crippen molar-refractivity contribution in [2.45, 2.75) is 5.82 Å². The molecule has 0 aliphatic carbocycles. The number of hydrogen-bond donors (Lipinski definition) is 0. The van der Waals surface area contributed by atoms with Crippen LogP contribution in [0.2, 0.25) is 5.82 Å². The fourth-order valence-corrected chi connectivity index (χ4v) is 0.694. The Kier molecular flexibility index (Phi) is 4.52. The summed E-state index contributed by atoms with van der Waals surface area (Å²) in [6.07, 6.45) is 0. The van der Waals surface area contributed by atoms with Gasteiger partial charge in [-0.2, -0.15) is 0 Å². The zero-order chi connectivity index (χ0) is 8.91. The van der Waals surface area contributed by atoms with Gasteiger partial charge >= 0.3 is 6.98 Å². The summed E-state index contributed by atoms with van der Waals surface area (Å²) in [6.45, 7) is -5.48. The summed E-state index contributed by atoms with van der Waals surface area (Å²) in [6, 6.07) is 0. The van der Waals surface area contributed by atoms with E-state index in [1.54, 1.807) is 0 Å². The fraction of sp³-hybridized carbons (Fsp3) is 1.00. The van der Waals surface area contributed by atoms with Crippen molar-refractivity contribution in [2.75, 3.05) is 27.4 Å². The SMILES string of the molecule is COCC(COC)[B-](F)(F)F. The quantitative estimate of drug-likeness (QED) is 0.583. The second-order valence-corrected chi connectivity index (χ2v) is 2.30. The van der Waals surface area contributed by atoms with Crippen molar-refractivity contribution in [1.29, 1.82) is 0 Å². The lowest BCUT2D eigenvalue weighted by atomic mass is 9.74. The first-order valence-corrected chi connectivity index (χ1v) is 3.20. The molecule has 0 radical (unpaired) electrons. The van der Waals surface area contributed by atoms with E-state index >= 15 is 0 Å². The molecule has 6 heteroatoms. The van der Waals surface area contributed by atoms with Crippen LogP contribution in [-0.2, 0) is 9.47 Å². The number of ether oxygens (including phenoxy) is 2. The number of rotatable bonds is 5. The zero-order valence-corrected chi connectivity index (χ0v) is 6.52.